The van der Waals surface area contributed by atoms with E-state index in [0.29, 0.717) is 28.6 Å². The minimum atomic E-state index is -3.72. The van der Waals surface area contributed by atoms with Gasteiger partial charge in [0.15, 0.2) is 0 Å². The number of nitrogens with zero attached hydrogens (tertiary/aromatic N) is 1. The highest BCUT2D eigenvalue weighted by molar-refractivity contribution is 7.92. The van der Waals surface area contributed by atoms with Crippen LogP contribution in [-0.4, -0.2) is 46.8 Å². The molecule has 1 aliphatic rings. The van der Waals surface area contributed by atoms with Crippen LogP contribution in [0.15, 0.2) is 24.3 Å². The fraction of sp³-hybridized carbons (Fsp3) is 0.429. The van der Waals surface area contributed by atoms with Crippen molar-refractivity contribution < 1.29 is 27.5 Å². The molecule has 0 aliphatic heterocycles. The van der Waals surface area contributed by atoms with Crippen molar-refractivity contribution in [2.24, 2.45) is 0 Å². The summed E-state index contributed by atoms with van der Waals surface area (Å²) in [4.78, 5) is 26.2. The van der Waals surface area contributed by atoms with Crippen molar-refractivity contribution in [3.8, 4) is 5.75 Å². The van der Waals surface area contributed by atoms with Gasteiger partial charge in [0.25, 0.3) is 0 Å². The van der Waals surface area contributed by atoms with Crippen molar-refractivity contribution in [3.05, 3.63) is 40.3 Å². The molecule has 1 heterocycles. The monoisotopic (exact) mass is 466 g/mol. The number of rotatable bonds is 8. The number of carbonyl (C=O) groups excluding carboxylic acids is 2. The predicted octanol–water partition coefficient (Wildman–Crippen LogP) is 3.22. The second kappa shape index (κ2) is 9.69. The summed E-state index contributed by atoms with van der Waals surface area (Å²) in [5, 5.41) is 3.14. The molecule has 2 aromatic rings. The second-order valence-corrected chi connectivity index (χ2v) is 10.2. The number of esters is 1. The van der Waals surface area contributed by atoms with Gasteiger partial charge in [0.05, 0.1) is 31.2 Å². The van der Waals surface area contributed by atoms with E-state index in [2.05, 4.69) is 5.32 Å². The molecule has 1 aliphatic carbocycles. The number of ether oxygens (including phenoxy) is 2. The summed E-state index contributed by atoms with van der Waals surface area (Å²) in [5.41, 5.74) is 1.65. The normalized spacial score (nSPS) is 13.3. The SMILES string of the molecule is CCOc1ccc(N(CC(=O)Nc2sc3c(c2C(=O)OC)CCCC3)S(C)(=O)=O)cc1. The smallest absolute Gasteiger partial charge is 0.341 e. The van der Waals surface area contributed by atoms with Crippen molar-refractivity contribution in [2.45, 2.75) is 32.6 Å². The second-order valence-electron chi connectivity index (χ2n) is 7.15. The molecule has 3 rings (SSSR count). The molecular weight excluding hydrogens is 440 g/mol. The van der Waals surface area contributed by atoms with Gasteiger partial charge >= 0.3 is 5.97 Å². The van der Waals surface area contributed by atoms with Crippen LogP contribution in [-0.2, 0) is 32.4 Å². The van der Waals surface area contributed by atoms with Crippen LogP contribution in [0.1, 0.15) is 40.6 Å². The average Bonchev–Trinajstić information content (AvgIpc) is 3.09. The minimum Gasteiger partial charge on any atom is -0.494 e. The zero-order valence-corrected chi connectivity index (χ0v) is 19.4. The molecular formula is C21H26N2O6S2. The van der Waals surface area contributed by atoms with Gasteiger partial charge in [-0.25, -0.2) is 13.2 Å². The molecule has 0 radical (unpaired) electrons. The molecule has 0 unspecified atom stereocenters. The van der Waals surface area contributed by atoms with Gasteiger partial charge in [-0.3, -0.25) is 9.10 Å². The number of sulfonamides is 1. The van der Waals surface area contributed by atoms with Gasteiger partial charge in [0.1, 0.15) is 17.3 Å². The van der Waals surface area contributed by atoms with E-state index in [4.69, 9.17) is 9.47 Å². The lowest BCUT2D eigenvalue weighted by Gasteiger charge is -2.22. The zero-order chi connectivity index (χ0) is 22.6. The molecule has 1 N–H and O–H groups in total. The van der Waals surface area contributed by atoms with Crippen molar-refractivity contribution in [1.82, 2.24) is 0 Å². The fourth-order valence-corrected chi connectivity index (χ4v) is 5.69. The van der Waals surface area contributed by atoms with Gasteiger partial charge in [-0.1, -0.05) is 0 Å². The summed E-state index contributed by atoms with van der Waals surface area (Å²) in [6, 6.07) is 6.47. The minimum absolute atomic E-state index is 0.347. The number of nitrogens with one attached hydrogen (secondary N) is 1. The number of methoxy groups -OCH3 is 1. The van der Waals surface area contributed by atoms with Crippen LogP contribution in [0.3, 0.4) is 0 Å². The maximum atomic E-state index is 12.8. The number of benzene rings is 1. The Kier molecular flexibility index (Phi) is 7.22. The van der Waals surface area contributed by atoms with E-state index in [9.17, 15) is 18.0 Å². The van der Waals surface area contributed by atoms with E-state index in [1.807, 2.05) is 6.92 Å². The molecule has 168 valence electrons. The Morgan fingerprint density at radius 3 is 2.45 bits per heavy atom. The molecule has 0 bridgehead atoms. The first-order valence-electron chi connectivity index (χ1n) is 9.97. The van der Waals surface area contributed by atoms with E-state index in [1.54, 1.807) is 24.3 Å². The van der Waals surface area contributed by atoms with Gasteiger partial charge in [0, 0.05) is 4.88 Å². The molecule has 0 spiro atoms. The van der Waals surface area contributed by atoms with Gasteiger partial charge in [-0.05, 0) is 62.4 Å². The Bertz CT molecular complexity index is 1060. The first kappa shape index (κ1) is 23.1. The van der Waals surface area contributed by atoms with E-state index in [1.165, 1.54) is 18.4 Å². The summed E-state index contributed by atoms with van der Waals surface area (Å²) in [6.07, 6.45) is 4.65. The Balaban J connectivity index is 1.84. The lowest BCUT2D eigenvalue weighted by atomic mass is 9.95. The van der Waals surface area contributed by atoms with E-state index >= 15 is 0 Å². The number of hydrogen-bond donors (Lipinski definition) is 1. The van der Waals surface area contributed by atoms with E-state index in [0.717, 1.165) is 46.7 Å². The number of hydrogen-bond acceptors (Lipinski definition) is 7. The molecule has 31 heavy (non-hydrogen) atoms. The van der Waals surface area contributed by atoms with Crippen LogP contribution in [0.2, 0.25) is 0 Å². The summed E-state index contributed by atoms with van der Waals surface area (Å²) >= 11 is 1.35. The van der Waals surface area contributed by atoms with Crippen molar-refractivity contribution in [2.75, 3.05) is 36.1 Å². The lowest BCUT2D eigenvalue weighted by molar-refractivity contribution is -0.114. The van der Waals surface area contributed by atoms with Gasteiger partial charge in [0.2, 0.25) is 15.9 Å². The summed E-state index contributed by atoms with van der Waals surface area (Å²) in [6.45, 7) is 1.92. The maximum Gasteiger partial charge on any atom is 0.341 e. The fourth-order valence-electron chi connectivity index (χ4n) is 3.54. The van der Waals surface area contributed by atoms with Crippen LogP contribution in [0.25, 0.3) is 0 Å². The van der Waals surface area contributed by atoms with Crippen molar-refractivity contribution in [3.63, 3.8) is 0 Å². The Labute approximate surface area is 186 Å². The highest BCUT2D eigenvalue weighted by Gasteiger charge is 2.28. The Morgan fingerprint density at radius 2 is 1.84 bits per heavy atom. The predicted molar refractivity (Wildman–Crippen MR) is 121 cm³/mol. The maximum absolute atomic E-state index is 12.8. The number of thiophene rings is 1. The van der Waals surface area contributed by atoms with Crippen LogP contribution < -0.4 is 14.4 Å². The Hall–Kier alpha value is -2.59. The average molecular weight is 467 g/mol. The molecule has 1 amide bonds. The van der Waals surface area contributed by atoms with Gasteiger partial charge < -0.3 is 14.8 Å². The number of anilines is 2. The van der Waals surface area contributed by atoms with Crippen molar-refractivity contribution >= 4 is 43.9 Å². The third-order valence-electron chi connectivity index (χ3n) is 4.94. The molecule has 0 fully saturated rings. The lowest BCUT2D eigenvalue weighted by Crippen LogP contribution is -2.37. The third kappa shape index (κ3) is 5.37. The van der Waals surface area contributed by atoms with Crippen LogP contribution in [0.5, 0.6) is 5.75 Å². The van der Waals surface area contributed by atoms with Crippen LogP contribution >= 0.6 is 11.3 Å². The van der Waals surface area contributed by atoms with Gasteiger partial charge in [-0.2, -0.15) is 0 Å². The molecule has 10 heteroatoms. The molecule has 1 aromatic heterocycles. The summed E-state index contributed by atoms with van der Waals surface area (Å²) < 4.78 is 36.0. The number of carbonyl (C=O) groups is 2. The first-order chi connectivity index (χ1) is 14.7. The van der Waals surface area contributed by atoms with Crippen molar-refractivity contribution in [1.29, 1.82) is 0 Å². The standard InChI is InChI=1S/C21H26N2O6S2/c1-4-29-15-11-9-14(10-12-15)23(31(3,26)27)13-18(24)22-20-19(21(25)28-2)16-7-5-6-8-17(16)30-20/h9-12H,4-8,13H2,1-3H3,(H,22,24). The van der Waals surface area contributed by atoms with Gasteiger partial charge in [-0.15, -0.1) is 11.3 Å². The van der Waals surface area contributed by atoms with E-state index in [-0.39, 0.29) is 0 Å². The zero-order valence-electron chi connectivity index (χ0n) is 17.8. The van der Waals surface area contributed by atoms with Crippen LogP contribution in [0, 0.1) is 0 Å². The number of aryl methyl sites for hydroxylation is 1. The van der Waals surface area contributed by atoms with E-state index < -0.39 is 28.4 Å². The first-order valence-corrected chi connectivity index (χ1v) is 12.6. The highest BCUT2D eigenvalue weighted by Crippen LogP contribution is 2.38. The topological polar surface area (TPSA) is 102 Å². The molecule has 1 aromatic carbocycles. The molecule has 0 atom stereocenters. The number of fused-ring (bicyclic) bond motifs is 1. The third-order valence-corrected chi connectivity index (χ3v) is 7.28. The molecule has 0 saturated heterocycles. The molecule has 0 saturated carbocycles. The summed E-state index contributed by atoms with van der Waals surface area (Å²) in [5.74, 6) is -0.430. The molecule has 8 nitrogen and oxygen atoms in total. The summed E-state index contributed by atoms with van der Waals surface area (Å²) in [7, 11) is -2.42. The van der Waals surface area contributed by atoms with Crippen LogP contribution in [0.4, 0.5) is 10.7 Å². The number of amides is 1. The largest absolute Gasteiger partial charge is 0.494 e. The Morgan fingerprint density at radius 1 is 1.16 bits per heavy atom. The highest BCUT2D eigenvalue weighted by atomic mass is 32.2. The quantitative estimate of drug-likeness (QED) is 0.600.